The van der Waals surface area contributed by atoms with E-state index in [2.05, 4.69) is 28.6 Å². The number of nitrogens with two attached hydrogens (primary N) is 1. The Kier molecular flexibility index (Phi) is 11.9. The van der Waals surface area contributed by atoms with E-state index in [1.54, 1.807) is 0 Å². The lowest BCUT2D eigenvalue weighted by Gasteiger charge is -2.27. The second kappa shape index (κ2) is 13.8. The SMILES string of the molecule is CC(C)CC(NC(=O)C(NC(=O)C(N)Cc1ccccc1)C(C)O)C(=O)NC(CS)C(=O)O. The lowest BCUT2D eigenvalue weighted by Crippen LogP contribution is -2.60. The predicted octanol–water partition coefficient (Wildman–Crippen LogP) is -0.548. The Morgan fingerprint density at radius 3 is 2.00 bits per heavy atom. The Balaban J connectivity index is 2.88. The molecule has 0 saturated heterocycles. The van der Waals surface area contributed by atoms with Crippen molar-refractivity contribution in [2.45, 2.75) is 63.9 Å². The molecule has 0 radical (unpaired) electrons. The van der Waals surface area contributed by atoms with E-state index in [4.69, 9.17) is 10.8 Å². The first-order valence-electron chi connectivity index (χ1n) is 10.7. The van der Waals surface area contributed by atoms with E-state index in [1.165, 1.54) is 6.92 Å². The molecule has 11 heteroatoms. The van der Waals surface area contributed by atoms with Gasteiger partial charge in [-0.25, -0.2) is 4.79 Å². The molecule has 0 heterocycles. The number of amides is 3. The van der Waals surface area contributed by atoms with Gasteiger partial charge in [0.2, 0.25) is 17.7 Å². The fourth-order valence-corrected chi connectivity index (χ4v) is 3.30. The molecule has 1 aromatic carbocycles. The summed E-state index contributed by atoms with van der Waals surface area (Å²) in [5, 5.41) is 26.5. The Labute approximate surface area is 199 Å². The van der Waals surface area contributed by atoms with Crippen molar-refractivity contribution in [3.63, 3.8) is 0 Å². The van der Waals surface area contributed by atoms with Crippen LogP contribution in [0.2, 0.25) is 0 Å². The van der Waals surface area contributed by atoms with Gasteiger partial charge in [-0.1, -0.05) is 44.2 Å². The number of benzene rings is 1. The molecule has 0 saturated carbocycles. The molecule has 0 bridgehead atoms. The van der Waals surface area contributed by atoms with Gasteiger partial charge < -0.3 is 31.9 Å². The van der Waals surface area contributed by atoms with Gasteiger partial charge in [-0.3, -0.25) is 14.4 Å². The first kappa shape index (κ1) is 28.4. The second-order valence-corrected chi connectivity index (χ2v) is 8.66. The topological polar surface area (TPSA) is 171 Å². The molecule has 0 aliphatic carbocycles. The Morgan fingerprint density at radius 1 is 0.939 bits per heavy atom. The molecule has 3 amide bonds. The summed E-state index contributed by atoms with van der Waals surface area (Å²) in [6.07, 6.45) is -0.825. The van der Waals surface area contributed by atoms with Gasteiger partial charge in [0.05, 0.1) is 12.1 Å². The van der Waals surface area contributed by atoms with Crippen molar-refractivity contribution in [3.05, 3.63) is 35.9 Å². The number of carbonyl (C=O) groups excluding carboxylic acids is 3. The molecule has 184 valence electrons. The monoisotopic (exact) mass is 482 g/mol. The highest BCUT2D eigenvalue weighted by atomic mass is 32.1. The first-order valence-corrected chi connectivity index (χ1v) is 11.3. The number of carboxylic acids is 1. The molecular weight excluding hydrogens is 448 g/mol. The van der Waals surface area contributed by atoms with E-state index in [0.717, 1.165) is 5.56 Å². The fourth-order valence-electron chi connectivity index (χ4n) is 3.05. The molecule has 1 aromatic rings. The highest BCUT2D eigenvalue weighted by molar-refractivity contribution is 7.80. The van der Waals surface area contributed by atoms with Gasteiger partial charge in [-0.15, -0.1) is 0 Å². The number of nitrogens with one attached hydrogen (secondary N) is 3. The van der Waals surface area contributed by atoms with Crippen molar-refractivity contribution in [2.24, 2.45) is 11.7 Å². The van der Waals surface area contributed by atoms with E-state index in [1.807, 2.05) is 44.2 Å². The van der Waals surface area contributed by atoms with Crippen LogP contribution < -0.4 is 21.7 Å². The molecule has 0 aliphatic rings. The zero-order valence-electron chi connectivity index (χ0n) is 19.0. The molecule has 0 aromatic heterocycles. The lowest BCUT2D eigenvalue weighted by atomic mass is 10.0. The number of hydrogen-bond acceptors (Lipinski definition) is 7. The fraction of sp³-hybridized carbons (Fsp3) is 0.545. The minimum Gasteiger partial charge on any atom is -0.480 e. The molecule has 0 spiro atoms. The molecule has 5 unspecified atom stereocenters. The van der Waals surface area contributed by atoms with Crippen LogP contribution in [0.3, 0.4) is 0 Å². The summed E-state index contributed by atoms with van der Waals surface area (Å²) in [5.41, 5.74) is 6.80. The minimum absolute atomic E-state index is 0.0146. The van der Waals surface area contributed by atoms with Crippen molar-refractivity contribution < 1.29 is 29.4 Å². The third-order valence-corrected chi connectivity index (χ3v) is 5.20. The predicted molar refractivity (Wildman–Crippen MR) is 127 cm³/mol. The molecule has 1 rings (SSSR count). The normalized spacial score (nSPS) is 15.6. The smallest absolute Gasteiger partial charge is 0.327 e. The van der Waals surface area contributed by atoms with Gasteiger partial charge in [0, 0.05) is 5.75 Å². The Bertz CT molecular complexity index is 805. The molecular formula is C22H34N4O6S. The highest BCUT2D eigenvalue weighted by Gasteiger charge is 2.32. The standard InChI is InChI=1S/C22H34N4O6S/c1-12(2)9-16(20(29)25-17(11-33)22(31)32)24-21(30)18(13(3)27)26-19(28)15(23)10-14-7-5-4-6-8-14/h4-8,12-13,15-18,27,33H,9-11,23H2,1-3H3,(H,24,30)(H,25,29)(H,26,28)(H,31,32). The van der Waals surface area contributed by atoms with Crippen LogP contribution in [-0.4, -0.2) is 69.9 Å². The minimum atomic E-state index is -1.36. The summed E-state index contributed by atoms with van der Waals surface area (Å²) in [4.78, 5) is 49.2. The van der Waals surface area contributed by atoms with Crippen LogP contribution in [0.4, 0.5) is 0 Å². The van der Waals surface area contributed by atoms with Crippen LogP contribution in [-0.2, 0) is 25.6 Å². The van der Waals surface area contributed by atoms with Crippen LogP contribution in [0.25, 0.3) is 0 Å². The van der Waals surface area contributed by atoms with Crippen molar-refractivity contribution in [3.8, 4) is 0 Å². The third kappa shape index (κ3) is 9.80. The van der Waals surface area contributed by atoms with Crippen molar-refractivity contribution >= 4 is 36.3 Å². The van der Waals surface area contributed by atoms with Gasteiger partial charge >= 0.3 is 5.97 Å². The van der Waals surface area contributed by atoms with E-state index >= 15 is 0 Å². The van der Waals surface area contributed by atoms with Crippen molar-refractivity contribution in [1.29, 1.82) is 0 Å². The first-order chi connectivity index (χ1) is 15.5. The second-order valence-electron chi connectivity index (χ2n) is 8.30. The number of thiol groups is 1. The van der Waals surface area contributed by atoms with Crippen LogP contribution in [0.5, 0.6) is 0 Å². The van der Waals surface area contributed by atoms with Crippen molar-refractivity contribution in [1.82, 2.24) is 16.0 Å². The van der Waals surface area contributed by atoms with Crippen LogP contribution >= 0.6 is 12.6 Å². The summed E-state index contributed by atoms with van der Waals surface area (Å²) >= 11 is 3.91. The van der Waals surface area contributed by atoms with E-state index in [0.29, 0.717) is 0 Å². The van der Waals surface area contributed by atoms with Gasteiger partial charge in [-0.2, -0.15) is 12.6 Å². The zero-order chi connectivity index (χ0) is 25.1. The number of carbonyl (C=O) groups is 4. The largest absolute Gasteiger partial charge is 0.480 e. The molecule has 33 heavy (non-hydrogen) atoms. The van der Waals surface area contributed by atoms with E-state index in [-0.39, 0.29) is 24.5 Å². The van der Waals surface area contributed by atoms with Crippen LogP contribution in [0, 0.1) is 5.92 Å². The molecule has 7 N–H and O–H groups in total. The average molecular weight is 483 g/mol. The van der Waals surface area contributed by atoms with Crippen LogP contribution in [0.15, 0.2) is 30.3 Å². The maximum absolute atomic E-state index is 12.8. The van der Waals surface area contributed by atoms with Gasteiger partial charge in [-0.05, 0) is 31.2 Å². The number of hydrogen-bond donors (Lipinski definition) is 7. The average Bonchev–Trinajstić information content (AvgIpc) is 2.74. The summed E-state index contributed by atoms with van der Waals surface area (Å²) < 4.78 is 0. The number of rotatable bonds is 13. The zero-order valence-corrected chi connectivity index (χ0v) is 19.9. The van der Waals surface area contributed by atoms with Gasteiger partial charge in [0.1, 0.15) is 18.1 Å². The summed E-state index contributed by atoms with van der Waals surface area (Å²) in [6, 6.07) is 4.48. The van der Waals surface area contributed by atoms with Gasteiger partial charge in [0.25, 0.3) is 0 Å². The Morgan fingerprint density at radius 2 is 1.52 bits per heavy atom. The summed E-state index contributed by atoms with van der Waals surface area (Å²) in [7, 11) is 0. The van der Waals surface area contributed by atoms with Crippen LogP contribution in [0.1, 0.15) is 32.8 Å². The molecule has 0 aliphatic heterocycles. The molecule has 10 nitrogen and oxygen atoms in total. The third-order valence-electron chi connectivity index (χ3n) is 4.84. The highest BCUT2D eigenvalue weighted by Crippen LogP contribution is 2.08. The van der Waals surface area contributed by atoms with E-state index < -0.39 is 54.0 Å². The quantitative estimate of drug-likeness (QED) is 0.185. The lowest BCUT2D eigenvalue weighted by molar-refractivity contribution is -0.141. The van der Waals surface area contributed by atoms with E-state index in [9.17, 15) is 24.3 Å². The Hall–Kier alpha value is -2.63. The molecule has 0 fully saturated rings. The summed E-state index contributed by atoms with van der Waals surface area (Å²) in [5.74, 6) is -3.52. The summed E-state index contributed by atoms with van der Waals surface area (Å²) in [6.45, 7) is 4.98. The molecule has 5 atom stereocenters. The maximum atomic E-state index is 12.8. The number of aliphatic hydroxyl groups is 1. The number of carboxylic acid groups (broad SMARTS) is 1. The maximum Gasteiger partial charge on any atom is 0.327 e. The van der Waals surface area contributed by atoms with Crippen molar-refractivity contribution in [2.75, 3.05) is 5.75 Å². The number of aliphatic hydroxyl groups excluding tert-OH is 1. The van der Waals surface area contributed by atoms with Gasteiger partial charge in [0.15, 0.2) is 0 Å². The number of aliphatic carboxylic acids is 1.